The van der Waals surface area contributed by atoms with Gasteiger partial charge in [0.15, 0.2) is 11.5 Å². The molecule has 1 rings (SSSR count). The molecule has 0 saturated carbocycles. The summed E-state index contributed by atoms with van der Waals surface area (Å²) in [5.41, 5.74) is 0.937. The molecule has 15 heavy (non-hydrogen) atoms. The van der Waals surface area contributed by atoms with Crippen LogP contribution in [-0.4, -0.2) is 22.8 Å². The van der Waals surface area contributed by atoms with E-state index in [1.54, 1.807) is 0 Å². The van der Waals surface area contributed by atoms with Crippen LogP contribution in [0.15, 0.2) is 22.7 Å². The van der Waals surface area contributed by atoms with E-state index in [4.69, 9.17) is 14.4 Å². The van der Waals surface area contributed by atoms with E-state index in [9.17, 15) is 4.79 Å². The van der Waals surface area contributed by atoms with Crippen molar-refractivity contribution in [3.63, 3.8) is 0 Å². The molecule has 5 heteroatoms. The summed E-state index contributed by atoms with van der Waals surface area (Å²) >= 11 is 0. The highest BCUT2D eigenvalue weighted by atomic mass is 16.5. The molecule has 0 saturated heterocycles. The first-order valence-corrected chi connectivity index (χ1v) is 4.50. The highest BCUT2D eigenvalue weighted by Crippen LogP contribution is 2.06. The van der Waals surface area contributed by atoms with Crippen LogP contribution in [0, 0.1) is 0 Å². The average molecular weight is 211 g/mol. The first-order valence-electron chi connectivity index (χ1n) is 4.50. The Morgan fingerprint density at radius 2 is 2.47 bits per heavy atom. The maximum absolute atomic E-state index is 10.5. The largest absolute Gasteiger partial charge is 0.476 e. The molecule has 0 aliphatic rings. The Morgan fingerprint density at radius 3 is 3.00 bits per heavy atom. The molecule has 0 amide bonds. The lowest BCUT2D eigenvalue weighted by Crippen LogP contribution is -1.96. The molecular formula is C10H13NO4. The van der Waals surface area contributed by atoms with Crippen molar-refractivity contribution >= 4 is 5.97 Å². The van der Waals surface area contributed by atoms with Crippen molar-refractivity contribution in [3.8, 4) is 0 Å². The Morgan fingerprint density at radius 1 is 1.73 bits per heavy atom. The molecule has 1 N–H and O–H groups in total. The molecule has 0 aromatic carbocycles. The zero-order chi connectivity index (χ0) is 11.3. The summed E-state index contributed by atoms with van der Waals surface area (Å²) < 4.78 is 9.99. The summed E-state index contributed by atoms with van der Waals surface area (Å²) in [5, 5.41) is 11.9. The van der Waals surface area contributed by atoms with Crippen molar-refractivity contribution in [3.05, 3.63) is 29.7 Å². The predicted octanol–water partition coefficient (Wildman–Crippen LogP) is 1.86. The van der Waals surface area contributed by atoms with Crippen LogP contribution in [0.4, 0.5) is 0 Å². The van der Waals surface area contributed by atoms with Gasteiger partial charge in [-0.1, -0.05) is 10.7 Å². The predicted molar refractivity (Wildman–Crippen MR) is 52.5 cm³/mol. The fourth-order valence-corrected chi connectivity index (χ4v) is 0.901. The summed E-state index contributed by atoms with van der Waals surface area (Å²) in [5.74, 6) is -0.693. The molecule has 0 spiro atoms. The lowest BCUT2D eigenvalue weighted by Gasteiger charge is -2.00. The maximum Gasteiger partial charge on any atom is 0.358 e. The fraction of sp³-hybridized carbons (Fsp3) is 0.400. The molecular weight excluding hydrogens is 198 g/mol. The molecule has 0 aliphatic heterocycles. The molecule has 1 aromatic heterocycles. The number of hydrogen-bond donors (Lipinski definition) is 1. The van der Waals surface area contributed by atoms with Crippen molar-refractivity contribution in [1.82, 2.24) is 5.16 Å². The van der Waals surface area contributed by atoms with Gasteiger partial charge in [-0.25, -0.2) is 4.79 Å². The van der Waals surface area contributed by atoms with E-state index in [1.165, 1.54) is 6.07 Å². The number of carboxylic acids is 1. The number of carbonyl (C=O) groups is 1. The minimum atomic E-state index is -1.10. The second-order valence-corrected chi connectivity index (χ2v) is 3.24. The minimum absolute atomic E-state index is 0.103. The van der Waals surface area contributed by atoms with Gasteiger partial charge in [-0.2, -0.15) is 0 Å². The first-order chi connectivity index (χ1) is 7.09. The number of aromatic nitrogens is 1. The number of nitrogens with zero attached hydrogens (tertiary/aromatic N) is 1. The van der Waals surface area contributed by atoms with E-state index in [1.807, 2.05) is 6.92 Å². The van der Waals surface area contributed by atoms with Gasteiger partial charge in [0.25, 0.3) is 0 Å². The van der Waals surface area contributed by atoms with E-state index in [2.05, 4.69) is 11.7 Å². The molecule has 1 heterocycles. The minimum Gasteiger partial charge on any atom is -0.476 e. The third-order valence-corrected chi connectivity index (χ3v) is 1.70. The Kier molecular flexibility index (Phi) is 4.05. The molecule has 0 fully saturated rings. The summed E-state index contributed by atoms with van der Waals surface area (Å²) in [4.78, 5) is 10.5. The van der Waals surface area contributed by atoms with E-state index >= 15 is 0 Å². The molecule has 0 bridgehead atoms. The summed E-state index contributed by atoms with van der Waals surface area (Å²) in [7, 11) is 0. The average Bonchev–Trinajstić information content (AvgIpc) is 2.60. The second kappa shape index (κ2) is 5.31. The number of ether oxygens (including phenoxy) is 1. The van der Waals surface area contributed by atoms with E-state index in [0.29, 0.717) is 12.4 Å². The Hall–Kier alpha value is -1.62. The molecule has 0 aliphatic carbocycles. The molecule has 1 aromatic rings. The smallest absolute Gasteiger partial charge is 0.358 e. The van der Waals surface area contributed by atoms with Gasteiger partial charge < -0.3 is 14.4 Å². The van der Waals surface area contributed by atoms with E-state index < -0.39 is 5.97 Å². The van der Waals surface area contributed by atoms with Gasteiger partial charge in [0.2, 0.25) is 0 Å². The van der Waals surface area contributed by atoms with Gasteiger partial charge in [-0.3, -0.25) is 0 Å². The lowest BCUT2D eigenvalue weighted by atomic mass is 10.3. The van der Waals surface area contributed by atoms with Crippen molar-refractivity contribution in [2.75, 3.05) is 6.61 Å². The van der Waals surface area contributed by atoms with Gasteiger partial charge in [-0.05, 0) is 13.3 Å². The molecule has 5 nitrogen and oxygen atoms in total. The van der Waals surface area contributed by atoms with Gasteiger partial charge in [0.1, 0.15) is 6.61 Å². The number of rotatable bonds is 6. The van der Waals surface area contributed by atoms with Crippen LogP contribution >= 0.6 is 0 Å². The Bertz CT molecular complexity index is 356. The van der Waals surface area contributed by atoms with Crippen molar-refractivity contribution in [2.24, 2.45) is 0 Å². The zero-order valence-corrected chi connectivity index (χ0v) is 8.52. The van der Waals surface area contributed by atoms with E-state index in [0.717, 1.165) is 12.0 Å². The molecule has 0 atom stereocenters. The topological polar surface area (TPSA) is 72.6 Å². The monoisotopic (exact) mass is 211 g/mol. The summed E-state index contributed by atoms with van der Waals surface area (Å²) in [6.45, 7) is 6.42. The second-order valence-electron chi connectivity index (χ2n) is 3.24. The summed E-state index contributed by atoms with van der Waals surface area (Å²) in [6, 6.07) is 1.35. The van der Waals surface area contributed by atoms with Gasteiger partial charge in [-0.15, -0.1) is 6.58 Å². The summed E-state index contributed by atoms with van der Waals surface area (Å²) in [6.07, 6.45) is 0.778. The zero-order valence-electron chi connectivity index (χ0n) is 8.52. The van der Waals surface area contributed by atoms with Crippen LogP contribution in [-0.2, 0) is 11.3 Å². The molecule has 82 valence electrons. The van der Waals surface area contributed by atoms with E-state index in [-0.39, 0.29) is 12.3 Å². The van der Waals surface area contributed by atoms with Gasteiger partial charge >= 0.3 is 5.97 Å². The molecule has 0 unspecified atom stereocenters. The first kappa shape index (κ1) is 11.5. The van der Waals surface area contributed by atoms with Gasteiger partial charge in [0, 0.05) is 6.07 Å². The highest BCUT2D eigenvalue weighted by Gasteiger charge is 2.10. The standard InChI is InChI=1S/C10H13NO4/c1-7(2)3-4-14-6-8-5-9(10(12)13)11-15-8/h5H,1,3-4,6H2,2H3,(H,12,13). The van der Waals surface area contributed by atoms with Crippen molar-refractivity contribution < 1.29 is 19.2 Å². The van der Waals surface area contributed by atoms with Crippen LogP contribution in [0.1, 0.15) is 29.6 Å². The SMILES string of the molecule is C=C(C)CCOCc1cc(C(=O)O)no1. The Balaban J connectivity index is 2.31. The fourth-order valence-electron chi connectivity index (χ4n) is 0.901. The highest BCUT2D eigenvalue weighted by molar-refractivity contribution is 5.85. The van der Waals surface area contributed by atoms with Crippen LogP contribution < -0.4 is 0 Å². The number of carboxylic acid groups (broad SMARTS) is 1. The maximum atomic E-state index is 10.5. The quantitative estimate of drug-likeness (QED) is 0.574. The van der Waals surface area contributed by atoms with Crippen LogP contribution in [0.5, 0.6) is 0 Å². The Labute approximate surface area is 87.3 Å². The normalized spacial score (nSPS) is 10.2. The lowest BCUT2D eigenvalue weighted by molar-refractivity contribution is 0.0684. The number of hydrogen-bond acceptors (Lipinski definition) is 4. The van der Waals surface area contributed by atoms with Crippen LogP contribution in [0.3, 0.4) is 0 Å². The van der Waals surface area contributed by atoms with Crippen LogP contribution in [0.25, 0.3) is 0 Å². The van der Waals surface area contributed by atoms with Crippen LogP contribution in [0.2, 0.25) is 0 Å². The van der Waals surface area contributed by atoms with Crippen molar-refractivity contribution in [1.29, 1.82) is 0 Å². The third-order valence-electron chi connectivity index (χ3n) is 1.70. The third kappa shape index (κ3) is 3.95. The van der Waals surface area contributed by atoms with Gasteiger partial charge in [0.05, 0.1) is 6.61 Å². The number of aromatic carboxylic acids is 1. The van der Waals surface area contributed by atoms with Crippen molar-refractivity contribution in [2.45, 2.75) is 20.0 Å². The molecule has 0 radical (unpaired) electrons.